The predicted octanol–water partition coefficient (Wildman–Crippen LogP) is 5.02. The smallest absolute Gasteiger partial charge is 0.153 e. The SMILES string of the molecule is COc1cc2ccccc2cc1C=O.O=Cc1cc2ccccc2cc1O. The molecule has 27 heavy (non-hydrogen) atoms. The van der Waals surface area contributed by atoms with E-state index in [1.165, 1.54) is 0 Å². The van der Waals surface area contributed by atoms with E-state index in [4.69, 9.17) is 4.74 Å². The Balaban J connectivity index is 0.000000156. The van der Waals surface area contributed by atoms with E-state index in [1.807, 2.05) is 60.7 Å². The molecule has 0 fully saturated rings. The summed E-state index contributed by atoms with van der Waals surface area (Å²) < 4.78 is 5.11. The molecule has 4 aromatic carbocycles. The summed E-state index contributed by atoms with van der Waals surface area (Å²) in [6, 6.07) is 22.4. The number of rotatable bonds is 3. The maximum Gasteiger partial charge on any atom is 0.153 e. The quantitative estimate of drug-likeness (QED) is 0.522. The van der Waals surface area contributed by atoms with Crippen molar-refractivity contribution in [2.45, 2.75) is 0 Å². The molecule has 4 rings (SSSR count). The number of methoxy groups -OCH3 is 1. The lowest BCUT2D eigenvalue weighted by molar-refractivity contribution is 0.111. The Morgan fingerprint density at radius 1 is 0.704 bits per heavy atom. The number of aromatic hydroxyl groups is 1. The van der Waals surface area contributed by atoms with Crippen LogP contribution in [0.25, 0.3) is 21.5 Å². The van der Waals surface area contributed by atoms with Gasteiger partial charge in [0.1, 0.15) is 11.5 Å². The summed E-state index contributed by atoms with van der Waals surface area (Å²) in [4.78, 5) is 21.3. The van der Waals surface area contributed by atoms with Gasteiger partial charge in [0, 0.05) is 0 Å². The van der Waals surface area contributed by atoms with Crippen LogP contribution in [-0.2, 0) is 0 Å². The van der Waals surface area contributed by atoms with Gasteiger partial charge in [0.25, 0.3) is 0 Å². The van der Waals surface area contributed by atoms with Crippen LogP contribution >= 0.6 is 0 Å². The van der Waals surface area contributed by atoms with Crippen molar-refractivity contribution in [1.82, 2.24) is 0 Å². The monoisotopic (exact) mass is 358 g/mol. The number of hydrogen-bond acceptors (Lipinski definition) is 4. The molecule has 0 radical (unpaired) electrons. The van der Waals surface area contributed by atoms with E-state index in [-0.39, 0.29) is 5.75 Å². The van der Waals surface area contributed by atoms with Crippen molar-refractivity contribution >= 4 is 34.1 Å². The van der Waals surface area contributed by atoms with E-state index >= 15 is 0 Å². The molecule has 4 heteroatoms. The minimum Gasteiger partial charge on any atom is -0.507 e. The van der Waals surface area contributed by atoms with Crippen molar-refractivity contribution in [3.05, 3.63) is 83.9 Å². The van der Waals surface area contributed by atoms with Gasteiger partial charge in [-0.05, 0) is 45.8 Å². The zero-order valence-electron chi connectivity index (χ0n) is 14.8. The molecule has 0 saturated heterocycles. The Kier molecular flexibility index (Phi) is 5.47. The van der Waals surface area contributed by atoms with Crippen molar-refractivity contribution in [3.63, 3.8) is 0 Å². The van der Waals surface area contributed by atoms with Crippen LogP contribution in [-0.4, -0.2) is 24.8 Å². The fourth-order valence-electron chi connectivity index (χ4n) is 2.85. The first-order valence-corrected chi connectivity index (χ1v) is 8.35. The van der Waals surface area contributed by atoms with E-state index in [2.05, 4.69) is 0 Å². The molecule has 134 valence electrons. The molecule has 0 aliphatic rings. The van der Waals surface area contributed by atoms with Crippen molar-refractivity contribution in [3.8, 4) is 11.5 Å². The van der Waals surface area contributed by atoms with Gasteiger partial charge in [-0.15, -0.1) is 0 Å². The highest BCUT2D eigenvalue weighted by molar-refractivity contribution is 5.93. The van der Waals surface area contributed by atoms with Gasteiger partial charge in [0.2, 0.25) is 0 Å². The number of hydrogen-bond donors (Lipinski definition) is 1. The number of carbonyl (C=O) groups is 2. The number of fused-ring (bicyclic) bond motifs is 2. The molecular formula is C23H18O4. The third-order valence-electron chi connectivity index (χ3n) is 4.25. The summed E-state index contributed by atoms with van der Waals surface area (Å²) in [5, 5.41) is 13.4. The molecule has 0 spiro atoms. The van der Waals surface area contributed by atoms with Gasteiger partial charge >= 0.3 is 0 Å². The van der Waals surface area contributed by atoms with E-state index in [1.54, 1.807) is 19.2 Å². The highest BCUT2D eigenvalue weighted by Crippen LogP contribution is 2.24. The number of ether oxygens (including phenoxy) is 1. The summed E-state index contributed by atoms with van der Waals surface area (Å²) >= 11 is 0. The first-order chi connectivity index (χ1) is 13.2. The molecule has 4 nitrogen and oxygen atoms in total. The molecule has 1 N–H and O–H groups in total. The third-order valence-corrected chi connectivity index (χ3v) is 4.25. The number of phenols is 1. The fraction of sp³-hybridized carbons (Fsp3) is 0.0435. The maximum absolute atomic E-state index is 10.7. The summed E-state index contributed by atoms with van der Waals surface area (Å²) in [5.74, 6) is 0.660. The topological polar surface area (TPSA) is 63.6 Å². The standard InChI is InChI=1S/C12H10O2.C11H8O2/c1-14-12-7-10-5-3-2-4-9(10)6-11(12)8-13;12-7-10-5-8-3-1-2-4-9(8)6-11(10)13/h2-8H,1H3;1-7,13H. The summed E-state index contributed by atoms with van der Waals surface area (Å²) in [6.07, 6.45) is 1.47. The van der Waals surface area contributed by atoms with E-state index < -0.39 is 0 Å². The highest BCUT2D eigenvalue weighted by atomic mass is 16.5. The lowest BCUT2D eigenvalue weighted by atomic mass is 10.1. The first-order valence-electron chi connectivity index (χ1n) is 8.35. The molecule has 0 unspecified atom stereocenters. The van der Waals surface area contributed by atoms with Crippen LogP contribution in [0.2, 0.25) is 0 Å². The van der Waals surface area contributed by atoms with Gasteiger partial charge in [-0.2, -0.15) is 0 Å². The van der Waals surface area contributed by atoms with Crippen LogP contribution in [0.5, 0.6) is 11.5 Å². The second kappa shape index (κ2) is 8.15. The van der Waals surface area contributed by atoms with Crippen LogP contribution in [0.15, 0.2) is 72.8 Å². The van der Waals surface area contributed by atoms with E-state index in [0.717, 1.165) is 27.8 Å². The lowest BCUT2D eigenvalue weighted by Gasteiger charge is -2.05. The van der Waals surface area contributed by atoms with Crippen LogP contribution in [0.1, 0.15) is 20.7 Å². The third kappa shape index (κ3) is 3.96. The van der Waals surface area contributed by atoms with Crippen molar-refractivity contribution in [1.29, 1.82) is 0 Å². The molecule has 0 aliphatic carbocycles. The van der Waals surface area contributed by atoms with Gasteiger partial charge in [-0.3, -0.25) is 9.59 Å². The Morgan fingerprint density at radius 2 is 1.15 bits per heavy atom. The van der Waals surface area contributed by atoms with Crippen molar-refractivity contribution < 1.29 is 19.4 Å². The van der Waals surface area contributed by atoms with Gasteiger partial charge in [0.15, 0.2) is 12.6 Å². The lowest BCUT2D eigenvalue weighted by Crippen LogP contribution is -1.90. The van der Waals surface area contributed by atoms with Crippen LogP contribution in [0.3, 0.4) is 0 Å². The Hall–Kier alpha value is -3.66. The van der Waals surface area contributed by atoms with Crippen molar-refractivity contribution in [2.75, 3.05) is 7.11 Å². The molecule has 0 saturated carbocycles. The Labute approximate surface area is 156 Å². The van der Waals surface area contributed by atoms with E-state index in [0.29, 0.717) is 23.2 Å². The molecule has 4 aromatic rings. The summed E-state index contributed by atoms with van der Waals surface area (Å²) in [5.41, 5.74) is 0.921. The minimum absolute atomic E-state index is 0.0358. The van der Waals surface area contributed by atoms with Crippen LogP contribution < -0.4 is 4.74 Å². The number of carbonyl (C=O) groups excluding carboxylic acids is 2. The normalized spacial score (nSPS) is 10.1. The van der Waals surface area contributed by atoms with Crippen molar-refractivity contribution in [2.24, 2.45) is 0 Å². The number of aldehydes is 2. The number of phenolic OH excluding ortho intramolecular Hbond substituents is 1. The Morgan fingerprint density at radius 3 is 1.63 bits per heavy atom. The van der Waals surface area contributed by atoms with Crippen LogP contribution in [0.4, 0.5) is 0 Å². The molecular weight excluding hydrogens is 340 g/mol. The molecule has 0 bridgehead atoms. The highest BCUT2D eigenvalue weighted by Gasteiger charge is 2.03. The predicted molar refractivity (Wildman–Crippen MR) is 107 cm³/mol. The molecule has 0 amide bonds. The minimum atomic E-state index is 0.0358. The molecule has 0 aromatic heterocycles. The molecule has 0 atom stereocenters. The van der Waals surface area contributed by atoms with Gasteiger partial charge in [-0.1, -0.05) is 48.5 Å². The van der Waals surface area contributed by atoms with Crippen LogP contribution in [0, 0.1) is 0 Å². The van der Waals surface area contributed by atoms with Gasteiger partial charge < -0.3 is 9.84 Å². The Bertz CT molecular complexity index is 1120. The first kappa shape index (κ1) is 18.1. The summed E-state index contributed by atoms with van der Waals surface area (Å²) in [6.45, 7) is 0. The average molecular weight is 358 g/mol. The fourth-order valence-corrected chi connectivity index (χ4v) is 2.85. The second-order valence-electron chi connectivity index (χ2n) is 5.94. The zero-order valence-corrected chi connectivity index (χ0v) is 14.8. The summed E-state index contributed by atoms with van der Waals surface area (Å²) in [7, 11) is 1.57. The van der Waals surface area contributed by atoms with Gasteiger partial charge in [0.05, 0.1) is 18.2 Å². The van der Waals surface area contributed by atoms with E-state index in [9.17, 15) is 14.7 Å². The zero-order chi connectivity index (χ0) is 19.2. The molecule has 0 heterocycles. The molecule has 0 aliphatic heterocycles. The van der Waals surface area contributed by atoms with Gasteiger partial charge in [-0.25, -0.2) is 0 Å². The average Bonchev–Trinajstić information content (AvgIpc) is 2.72. The maximum atomic E-state index is 10.7. The largest absolute Gasteiger partial charge is 0.507 e. The number of benzene rings is 4. The second-order valence-corrected chi connectivity index (χ2v) is 5.94.